The van der Waals surface area contributed by atoms with E-state index in [2.05, 4.69) is 27.7 Å². The third-order valence-corrected chi connectivity index (χ3v) is 4.91. The summed E-state index contributed by atoms with van der Waals surface area (Å²) in [6, 6.07) is 8.18. The molecule has 5 heteroatoms. The number of anilines is 2. The topological polar surface area (TPSA) is 58.2 Å². The number of nitrogens with zero attached hydrogens (tertiary/aromatic N) is 1. The van der Waals surface area contributed by atoms with Crippen LogP contribution in [0, 0.1) is 0 Å². The van der Waals surface area contributed by atoms with Gasteiger partial charge < -0.3 is 20.3 Å². The second-order valence-corrected chi connectivity index (χ2v) is 6.83. The van der Waals surface area contributed by atoms with E-state index in [1.54, 1.807) is 0 Å². The molecule has 3 N–H and O–H groups in total. The number of rotatable bonds is 6. The Kier molecular flexibility index (Phi) is 6.49. The highest BCUT2D eigenvalue weighted by atomic mass is 16.5. The highest BCUT2D eigenvalue weighted by Crippen LogP contribution is 2.27. The van der Waals surface area contributed by atoms with E-state index in [4.69, 9.17) is 4.74 Å². The molecule has 1 aromatic carbocycles. The number of quaternary nitrogens is 1. The van der Waals surface area contributed by atoms with Gasteiger partial charge in [-0.25, -0.2) is 0 Å². The number of nitrogens with two attached hydrogens (primary N) is 1. The average molecular weight is 332 g/mol. The summed E-state index contributed by atoms with van der Waals surface area (Å²) in [5.41, 5.74) is 2.10. The van der Waals surface area contributed by atoms with E-state index < -0.39 is 0 Å². The van der Waals surface area contributed by atoms with Crippen molar-refractivity contribution in [3.05, 3.63) is 24.3 Å². The van der Waals surface area contributed by atoms with Crippen molar-refractivity contribution in [3.63, 3.8) is 0 Å². The van der Waals surface area contributed by atoms with E-state index in [-0.39, 0.29) is 5.91 Å². The predicted octanol–water partition coefficient (Wildman–Crippen LogP) is 1.75. The molecular weight excluding hydrogens is 302 g/mol. The first-order valence-electron chi connectivity index (χ1n) is 9.40. The quantitative estimate of drug-likeness (QED) is 0.834. The van der Waals surface area contributed by atoms with Crippen molar-refractivity contribution in [2.24, 2.45) is 0 Å². The van der Waals surface area contributed by atoms with E-state index in [1.807, 2.05) is 12.1 Å². The molecule has 0 bridgehead atoms. The second kappa shape index (κ2) is 9.04. The number of carbonyl (C=O) groups excluding carboxylic acids is 1. The zero-order valence-corrected chi connectivity index (χ0v) is 14.5. The maximum Gasteiger partial charge on any atom is 0.279 e. The molecule has 1 atom stereocenters. The number of carbonyl (C=O) groups is 1. The van der Waals surface area contributed by atoms with Crippen molar-refractivity contribution in [2.45, 2.75) is 44.6 Å². The van der Waals surface area contributed by atoms with Crippen molar-refractivity contribution < 1.29 is 14.8 Å². The van der Waals surface area contributed by atoms with Gasteiger partial charge in [-0.15, -0.1) is 0 Å². The monoisotopic (exact) mass is 332 g/mol. The Labute approximate surface area is 144 Å². The van der Waals surface area contributed by atoms with E-state index >= 15 is 0 Å². The van der Waals surface area contributed by atoms with Crippen LogP contribution in [0.4, 0.5) is 11.4 Å². The first kappa shape index (κ1) is 17.2. The summed E-state index contributed by atoms with van der Waals surface area (Å²) in [7, 11) is 0. The normalized spacial score (nSPS) is 21.5. The van der Waals surface area contributed by atoms with E-state index in [9.17, 15) is 4.79 Å². The molecule has 5 nitrogen and oxygen atoms in total. The van der Waals surface area contributed by atoms with E-state index in [0.717, 1.165) is 50.5 Å². The van der Waals surface area contributed by atoms with Gasteiger partial charge in [-0.2, -0.15) is 0 Å². The Hall–Kier alpha value is -1.59. The molecule has 2 heterocycles. The van der Waals surface area contributed by atoms with E-state index in [1.165, 1.54) is 25.7 Å². The lowest BCUT2D eigenvalue weighted by Crippen LogP contribution is -2.88. The molecular formula is C19H30N3O2+. The van der Waals surface area contributed by atoms with Crippen molar-refractivity contribution in [1.29, 1.82) is 0 Å². The number of nitrogens with one attached hydrogen (secondary N) is 1. The Morgan fingerprint density at radius 1 is 1.17 bits per heavy atom. The van der Waals surface area contributed by atoms with Crippen LogP contribution in [0.2, 0.25) is 0 Å². The number of hydrogen-bond donors (Lipinski definition) is 2. The molecule has 132 valence electrons. The summed E-state index contributed by atoms with van der Waals surface area (Å²) < 4.78 is 5.59. The number of benzene rings is 1. The van der Waals surface area contributed by atoms with Crippen LogP contribution in [0.3, 0.4) is 0 Å². The standard InChI is InChI=1S/C19H29N3O2/c23-19(15-20-14-16-8-7-13-24-16)21-17-9-3-4-10-18(17)22-11-5-1-2-6-12-22/h3-4,9-10,16,20H,1-2,5-8,11-15H2,(H,21,23)/p+1/t16-/m1/s1. The van der Waals surface area contributed by atoms with Crippen LogP contribution in [-0.4, -0.2) is 44.8 Å². The summed E-state index contributed by atoms with van der Waals surface area (Å²) in [5.74, 6) is 0.0651. The maximum atomic E-state index is 12.3. The van der Waals surface area contributed by atoms with Gasteiger partial charge in [0.15, 0.2) is 6.54 Å². The van der Waals surface area contributed by atoms with Gasteiger partial charge in [0.25, 0.3) is 5.91 Å². The fraction of sp³-hybridized carbons (Fsp3) is 0.632. The first-order valence-corrected chi connectivity index (χ1v) is 9.40. The molecule has 0 radical (unpaired) electrons. The molecule has 0 aromatic heterocycles. The Bertz CT molecular complexity index is 521. The van der Waals surface area contributed by atoms with Crippen LogP contribution in [0.5, 0.6) is 0 Å². The molecule has 2 aliphatic rings. The molecule has 0 unspecified atom stereocenters. The van der Waals surface area contributed by atoms with Crippen molar-refractivity contribution >= 4 is 17.3 Å². The van der Waals surface area contributed by atoms with Gasteiger partial charge in [0.2, 0.25) is 0 Å². The van der Waals surface area contributed by atoms with Crippen molar-refractivity contribution in [1.82, 2.24) is 0 Å². The van der Waals surface area contributed by atoms with Gasteiger partial charge in [-0.05, 0) is 37.8 Å². The smallest absolute Gasteiger partial charge is 0.279 e. The Balaban J connectivity index is 1.52. The summed E-state index contributed by atoms with van der Waals surface area (Å²) in [4.78, 5) is 14.7. The summed E-state index contributed by atoms with van der Waals surface area (Å²) in [6.45, 7) is 4.36. The van der Waals surface area contributed by atoms with Crippen molar-refractivity contribution in [2.75, 3.05) is 43.0 Å². The number of ether oxygens (including phenoxy) is 1. The Morgan fingerprint density at radius 2 is 1.96 bits per heavy atom. The lowest BCUT2D eigenvalue weighted by Gasteiger charge is -2.25. The van der Waals surface area contributed by atoms with Gasteiger partial charge in [0, 0.05) is 19.7 Å². The highest BCUT2D eigenvalue weighted by molar-refractivity contribution is 5.94. The lowest BCUT2D eigenvalue weighted by atomic mass is 10.2. The Morgan fingerprint density at radius 3 is 2.71 bits per heavy atom. The maximum absolute atomic E-state index is 12.3. The first-order chi connectivity index (χ1) is 11.8. The van der Waals surface area contributed by atoms with Crippen LogP contribution in [0.1, 0.15) is 38.5 Å². The fourth-order valence-corrected chi connectivity index (χ4v) is 3.60. The minimum absolute atomic E-state index is 0.0651. The molecule has 2 aliphatic heterocycles. The third-order valence-electron chi connectivity index (χ3n) is 4.91. The number of hydrogen-bond acceptors (Lipinski definition) is 3. The molecule has 0 spiro atoms. The van der Waals surface area contributed by atoms with Gasteiger partial charge in [-0.3, -0.25) is 4.79 Å². The molecule has 1 aromatic rings. The van der Waals surface area contributed by atoms with Gasteiger partial charge >= 0.3 is 0 Å². The second-order valence-electron chi connectivity index (χ2n) is 6.83. The molecule has 0 saturated carbocycles. The summed E-state index contributed by atoms with van der Waals surface area (Å²) in [5, 5.41) is 5.16. The third kappa shape index (κ3) is 4.95. The van der Waals surface area contributed by atoms with Gasteiger partial charge in [0.05, 0.1) is 11.4 Å². The van der Waals surface area contributed by atoms with Crippen LogP contribution in [0.15, 0.2) is 24.3 Å². The zero-order chi connectivity index (χ0) is 16.6. The minimum Gasteiger partial charge on any atom is -0.372 e. The fourth-order valence-electron chi connectivity index (χ4n) is 3.60. The zero-order valence-electron chi connectivity index (χ0n) is 14.5. The summed E-state index contributed by atoms with van der Waals surface area (Å²) >= 11 is 0. The van der Waals surface area contributed by atoms with Crippen LogP contribution < -0.4 is 15.5 Å². The van der Waals surface area contributed by atoms with Gasteiger partial charge in [0.1, 0.15) is 12.6 Å². The number of amides is 1. The molecule has 0 aliphatic carbocycles. The largest absolute Gasteiger partial charge is 0.372 e. The SMILES string of the molecule is O=C(C[NH2+]C[C@H]1CCCO1)Nc1ccccc1N1CCCCCC1. The number of para-hydroxylation sites is 2. The van der Waals surface area contributed by atoms with Crippen LogP contribution >= 0.6 is 0 Å². The van der Waals surface area contributed by atoms with E-state index in [0.29, 0.717) is 12.6 Å². The van der Waals surface area contributed by atoms with Gasteiger partial charge in [-0.1, -0.05) is 25.0 Å². The average Bonchev–Trinajstić information content (AvgIpc) is 2.96. The molecule has 3 rings (SSSR count). The lowest BCUT2D eigenvalue weighted by molar-refractivity contribution is -0.649. The molecule has 1 amide bonds. The minimum atomic E-state index is 0.0651. The van der Waals surface area contributed by atoms with Crippen molar-refractivity contribution in [3.8, 4) is 0 Å². The van der Waals surface area contributed by atoms with Crippen LogP contribution in [-0.2, 0) is 9.53 Å². The molecule has 2 saturated heterocycles. The highest BCUT2D eigenvalue weighted by Gasteiger charge is 2.18. The molecule has 24 heavy (non-hydrogen) atoms. The summed E-state index contributed by atoms with van der Waals surface area (Å²) in [6.07, 6.45) is 7.67. The molecule has 2 fully saturated rings. The van der Waals surface area contributed by atoms with Crippen LogP contribution in [0.25, 0.3) is 0 Å². The predicted molar refractivity (Wildman–Crippen MR) is 96.4 cm³/mol.